The van der Waals surface area contributed by atoms with Crippen LogP contribution in [0.1, 0.15) is 40.0 Å². The molecule has 1 N–H and O–H groups in total. The topological polar surface area (TPSA) is 30.5 Å². The molecule has 1 saturated carbocycles. The number of nitrogens with one attached hydrogen (secondary N) is 1. The van der Waals surface area contributed by atoms with E-state index >= 15 is 0 Å². The average molecular weight is 241 g/mol. The maximum absolute atomic E-state index is 5.66. The fourth-order valence-corrected chi connectivity index (χ4v) is 3.45. The monoisotopic (exact) mass is 241 g/mol. The van der Waals surface area contributed by atoms with E-state index in [9.17, 15) is 0 Å². The second kappa shape index (κ2) is 4.87. The van der Waals surface area contributed by atoms with Gasteiger partial charge in [-0.05, 0) is 24.2 Å². The Morgan fingerprint density at radius 1 is 1.35 bits per heavy atom. The van der Waals surface area contributed by atoms with Crippen LogP contribution in [-0.2, 0) is 9.47 Å². The van der Waals surface area contributed by atoms with Gasteiger partial charge in [0.1, 0.15) is 5.60 Å². The summed E-state index contributed by atoms with van der Waals surface area (Å²) in [5, 5.41) is 3.72. The van der Waals surface area contributed by atoms with Crippen molar-refractivity contribution in [2.24, 2.45) is 11.3 Å². The van der Waals surface area contributed by atoms with Gasteiger partial charge in [-0.15, -0.1) is 0 Å². The Hall–Kier alpha value is -0.120. The highest BCUT2D eigenvalue weighted by atomic mass is 16.5. The highest BCUT2D eigenvalue weighted by molar-refractivity contribution is 4.94. The van der Waals surface area contributed by atoms with Crippen LogP contribution in [0.5, 0.6) is 0 Å². The molecule has 0 amide bonds. The molecule has 1 aliphatic carbocycles. The quantitative estimate of drug-likeness (QED) is 0.818. The third kappa shape index (κ3) is 3.01. The normalized spacial score (nSPS) is 40.9. The molecular weight excluding hydrogens is 214 g/mol. The van der Waals surface area contributed by atoms with Gasteiger partial charge >= 0.3 is 0 Å². The highest BCUT2D eigenvalue weighted by Gasteiger charge is 2.40. The molecule has 2 fully saturated rings. The summed E-state index contributed by atoms with van der Waals surface area (Å²) >= 11 is 0. The second-order valence-corrected chi connectivity index (χ2v) is 6.73. The predicted molar refractivity (Wildman–Crippen MR) is 69.1 cm³/mol. The number of rotatable bonds is 4. The molecule has 2 aliphatic rings. The number of hydrogen-bond donors (Lipinski definition) is 1. The summed E-state index contributed by atoms with van der Waals surface area (Å²) < 4.78 is 11.1. The van der Waals surface area contributed by atoms with Crippen LogP contribution in [0.3, 0.4) is 0 Å². The fourth-order valence-electron chi connectivity index (χ4n) is 3.45. The first-order valence-electron chi connectivity index (χ1n) is 6.83. The Kier molecular flexibility index (Phi) is 3.81. The van der Waals surface area contributed by atoms with E-state index < -0.39 is 0 Å². The van der Waals surface area contributed by atoms with Crippen molar-refractivity contribution >= 4 is 0 Å². The molecule has 1 saturated heterocycles. The molecule has 3 unspecified atom stereocenters. The van der Waals surface area contributed by atoms with Gasteiger partial charge in [0, 0.05) is 32.7 Å². The van der Waals surface area contributed by atoms with E-state index in [1.807, 2.05) is 0 Å². The molecule has 3 atom stereocenters. The molecule has 0 spiro atoms. The van der Waals surface area contributed by atoms with Crippen LogP contribution in [0.25, 0.3) is 0 Å². The lowest BCUT2D eigenvalue weighted by Gasteiger charge is -2.29. The predicted octanol–water partition coefficient (Wildman–Crippen LogP) is 2.21. The first-order valence-corrected chi connectivity index (χ1v) is 6.83. The van der Waals surface area contributed by atoms with E-state index in [0.717, 1.165) is 32.1 Å². The molecule has 100 valence electrons. The maximum atomic E-state index is 5.66. The Bertz CT molecular complexity index is 259. The van der Waals surface area contributed by atoms with Gasteiger partial charge in [-0.1, -0.05) is 20.8 Å². The SMILES string of the molecule is COC1(CNC2CC(C)(C)CC2C)CCOC1. The highest BCUT2D eigenvalue weighted by Crippen LogP contribution is 2.41. The van der Waals surface area contributed by atoms with Crippen molar-refractivity contribution in [1.82, 2.24) is 5.32 Å². The largest absolute Gasteiger partial charge is 0.378 e. The fraction of sp³-hybridized carbons (Fsp3) is 1.00. The van der Waals surface area contributed by atoms with E-state index in [1.165, 1.54) is 12.8 Å². The molecular formula is C14H27NO2. The second-order valence-electron chi connectivity index (χ2n) is 6.73. The van der Waals surface area contributed by atoms with Crippen molar-refractivity contribution < 1.29 is 9.47 Å². The lowest BCUT2D eigenvalue weighted by atomic mass is 9.91. The van der Waals surface area contributed by atoms with Gasteiger partial charge in [-0.2, -0.15) is 0 Å². The van der Waals surface area contributed by atoms with Gasteiger partial charge in [-0.25, -0.2) is 0 Å². The van der Waals surface area contributed by atoms with E-state index in [0.29, 0.717) is 11.5 Å². The van der Waals surface area contributed by atoms with E-state index in [1.54, 1.807) is 7.11 Å². The van der Waals surface area contributed by atoms with Gasteiger partial charge in [0.15, 0.2) is 0 Å². The van der Waals surface area contributed by atoms with Crippen LogP contribution in [0.2, 0.25) is 0 Å². The number of methoxy groups -OCH3 is 1. The van der Waals surface area contributed by atoms with Crippen molar-refractivity contribution in [3.05, 3.63) is 0 Å². The van der Waals surface area contributed by atoms with Crippen molar-refractivity contribution in [3.8, 4) is 0 Å². The molecule has 0 aromatic rings. The molecule has 1 aliphatic heterocycles. The molecule has 0 bridgehead atoms. The third-order valence-electron chi connectivity index (χ3n) is 4.52. The summed E-state index contributed by atoms with van der Waals surface area (Å²) in [7, 11) is 1.80. The van der Waals surface area contributed by atoms with Gasteiger partial charge in [0.05, 0.1) is 6.61 Å². The van der Waals surface area contributed by atoms with Crippen LogP contribution in [0.4, 0.5) is 0 Å². The Labute approximate surface area is 105 Å². The Morgan fingerprint density at radius 3 is 2.59 bits per heavy atom. The smallest absolute Gasteiger partial charge is 0.106 e. The number of hydrogen-bond acceptors (Lipinski definition) is 3. The van der Waals surface area contributed by atoms with Crippen LogP contribution >= 0.6 is 0 Å². The summed E-state index contributed by atoms with van der Waals surface area (Å²) in [6.07, 6.45) is 3.61. The van der Waals surface area contributed by atoms with Crippen LogP contribution in [0, 0.1) is 11.3 Å². The van der Waals surface area contributed by atoms with E-state index in [-0.39, 0.29) is 5.60 Å². The molecule has 3 nitrogen and oxygen atoms in total. The lowest BCUT2D eigenvalue weighted by molar-refractivity contribution is -0.0181. The zero-order valence-corrected chi connectivity index (χ0v) is 11.7. The lowest BCUT2D eigenvalue weighted by Crippen LogP contribution is -2.47. The van der Waals surface area contributed by atoms with Crippen molar-refractivity contribution in [2.75, 3.05) is 26.9 Å². The van der Waals surface area contributed by atoms with Gasteiger partial charge in [0.2, 0.25) is 0 Å². The molecule has 0 aromatic carbocycles. The minimum Gasteiger partial charge on any atom is -0.378 e. The minimum atomic E-state index is -0.0769. The molecule has 1 heterocycles. The summed E-state index contributed by atoms with van der Waals surface area (Å²) in [6.45, 7) is 9.60. The summed E-state index contributed by atoms with van der Waals surface area (Å²) in [6, 6.07) is 0.637. The summed E-state index contributed by atoms with van der Waals surface area (Å²) in [4.78, 5) is 0. The zero-order chi connectivity index (χ0) is 12.5. The first-order chi connectivity index (χ1) is 7.96. The minimum absolute atomic E-state index is 0.0769. The van der Waals surface area contributed by atoms with Crippen molar-refractivity contribution in [2.45, 2.75) is 51.7 Å². The molecule has 0 radical (unpaired) electrons. The standard InChI is InChI=1S/C14H27NO2/c1-11-7-13(2,3)8-12(11)15-9-14(16-4)5-6-17-10-14/h11-12,15H,5-10H2,1-4H3. The molecule has 2 rings (SSSR count). The van der Waals surface area contributed by atoms with Crippen LogP contribution < -0.4 is 5.32 Å². The molecule has 0 aromatic heterocycles. The first kappa shape index (κ1) is 13.3. The van der Waals surface area contributed by atoms with Crippen LogP contribution in [0.15, 0.2) is 0 Å². The Morgan fingerprint density at radius 2 is 2.12 bits per heavy atom. The average Bonchev–Trinajstić information content (AvgIpc) is 2.81. The zero-order valence-electron chi connectivity index (χ0n) is 11.7. The van der Waals surface area contributed by atoms with Gasteiger partial charge < -0.3 is 14.8 Å². The van der Waals surface area contributed by atoms with Crippen molar-refractivity contribution in [3.63, 3.8) is 0 Å². The van der Waals surface area contributed by atoms with Crippen molar-refractivity contribution in [1.29, 1.82) is 0 Å². The summed E-state index contributed by atoms with van der Waals surface area (Å²) in [5.74, 6) is 0.765. The van der Waals surface area contributed by atoms with Gasteiger partial charge in [-0.3, -0.25) is 0 Å². The third-order valence-corrected chi connectivity index (χ3v) is 4.52. The van der Waals surface area contributed by atoms with Crippen LogP contribution in [-0.4, -0.2) is 38.5 Å². The Balaban J connectivity index is 1.86. The maximum Gasteiger partial charge on any atom is 0.106 e. The van der Waals surface area contributed by atoms with E-state index in [4.69, 9.17) is 9.47 Å². The number of ether oxygens (including phenoxy) is 2. The van der Waals surface area contributed by atoms with E-state index in [2.05, 4.69) is 26.1 Å². The van der Waals surface area contributed by atoms with Gasteiger partial charge in [0.25, 0.3) is 0 Å². The molecule has 3 heteroatoms. The molecule has 17 heavy (non-hydrogen) atoms. The summed E-state index contributed by atoms with van der Waals surface area (Å²) in [5.41, 5.74) is 0.413.